The highest BCUT2D eigenvalue weighted by molar-refractivity contribution is 6.31. The topological polar surface area (TPSA) is 118 Å². The van der Waals surface area contributed by atoms with E-state index < -0.39 is 17.8 Å². The summed E-state index contributed by atoms with van der Waals surface area (Å²) in [6.45, 7) is 1.18. The van der Waals surface area contributed by atoms with Gasteiger partial charge in [0.05, 0.1) is 0 Å². The molecule has 4 rings (SSSR count). The van der Waals surface area contributed by atoms with Crippen molar-refractivity contribution in [3.8, 4) is 5.75 Å². The summed E-state index contributed by atoms with van der Waals surface area (Å²) in [4.78, 5) is 53.1. The van der Waals surface area contributed by atoms with Gasteiger partial charge in [0.15, 0.2) is 0 Å². The molecule has 0 saturated carbocycles. The van der Waals surface area contributed by atoms with Crippen molar-refractivity contribution in [3.63, 3.8) is 0 Å². The van der Waals surface area contributed by atoms with Crippen LogP contribution in [-0.2, 0) is 9.59 Å². The summed E-state index contributed by atoms with van der Waals surface area (Å²) >= 11 is 0. The molecule has 5 amide bonds. The van der Waals surface area contributed by atoms with Crippen LogP contribution in [0.25, 0.3) is 6.08 Å². The van der Waals surface area contributed by atoms with Crippen molar-refractivity contribution in [1.82, 2.24) is 20.5 Å². The number of benzene rings is 1. The third-order valence-electron chi connectivity index (χ3n) is 5.05. The molecule has 2 saturated heterocycles. The van der Waals surface area contributed by atoms with Gasteiger partial charge in [0.25, 0.3) is 17.7 Å². The summed E-state index contributed by atoms with van der Waals surface area (Å²) in [5.74, 6) is -0.888. The van der Waals surface area contributed by atoms with E-state index in [1.807, 2.05) is 10.6 Å². The molecule has 3 heterocycles. The third kappa shape index (κ3) is 4.77. The fourth-order valence-corrected chi connectivity index (χ4v) is 3.44. The number of imide groups is 2. The smallest absolute Gasteiger partial charge is 0.328 e. The van der Waals surface area contributed by atoms with Gasteiger partial charge in [-0.25, -0.2) is 4.79 Å². The normalized spacial score (nSPS) is 17.1. The first-order valence-corrected chi connectivity index (χ1v) is 9.85. The summed E-state index contributed by atoms with van der Waals surface area (Å²) in [7, 11) is 0. The van der Waals surface area contributed by atoms with Gasteiger partial charge in [0.1, 0.15) is 23.1 Å². The van der Waals surface area contributed by atoms with Gasteiger partial charge in [-0.1, -0.05) is 18.2 Å². The Kier molecular flexibility index (Phi) is 5.74. The SMILES string of the molecule is O=C1NC(=O)C(=Cc2ccc(OC3CCN(C(=O)c4ccccn4)CC3)cc2)C(=O)N1. The molecule has 158 valence electrons. The molecule has 0 bridgehead atoms. The third-order valence-corrected chi connectivity index (χ3v) is 5.05. The zero-order valence-electron chi connectivity index (χ0n) is 16.5. The Morgan fingerprint density at radius 3 is 2.29 bits per heavy atom. The zero-order valence-corrected chi connectivity index (χ0v) is 16.5. The minimum atomic E-state index is -0.830. The number of amides is 5. The molecule has 9 heteroatoms. The van der Waals surface area contributed by atoms with E-state index in [0.717, 1.165) is 0 Å². The molecule has 0 radical (unpaired) electrons. The summed E-state index contributed by atoms with van der Waals surface area (Å²) < 4.78 is 6.01. The number of carbonyl (C=O) groups is 4. The van der Waals surface area contributed by atoms with Crippen LogP contribution in [0.15, 0.2) is 54.2 Å². The van der Waals surface area contributed by atoms with Crippen LogP contribution in [0.2, 0.25) is 0 Å². The van der Waals surface area contributed by atoms with E-state index in [-0.39, 0.29) is 17.6 Å². The molecule has 0 spiro atoms. The molecule has 2 N–H and O–H groups in total. The maximum absolute atomic E-state index is 12.5. The molecule has 2 aromatic rings. The number of aromatic nitrogens is 1. The minimum Gasteiger partial charge on any atom is -0.490 e. The first-order chi connectivity index (χ1) is 15.0. The molecule has 2 fully saturated rings. The van der Waals surface area contributed by atoms with Gasteiger partial charge in [-0.15, -0.1) is 0 Å². The number of nitrogens with one attached hydrogen (secondary N) is 2. The Balaban J connectivity index is 1.32. The monoisotopic (exact) mass is 420 g/mol. The number of ether oxygens (including phenoxy) is 1. The van der Waals surface area contributed by atoms with Gasteiger partial charge in [0.2, 0.25) is 0 Å². The predicted octanol–water partition coefficient (Wildman–Crippen LogP) is 1.51. The highest BCUT2D eigenvalue weighted by Gasteiger charge is 2.28. The van der Waals surface area contributed by atoms with E-state index in [1.165, 1.54) is 6.08 Å². The van der Waals surface area contributed by atoms with E-state index in [2.05, 4.69) is 4.98 Å². The van der Waals surface area contributed by atoms with Crippen LogP contribution in [0.5, 0.6) is 5.75 Å². The van der Waals surface area contributed by atoms with Crippen LogP contribution in [0.1, 0.15) is 28.9 Å². The number of rotatable bonds is 4. The van der Waals surface area contributed by atoms with Crippen molar-refractivity contribution in [2.75, 3.05) is 13.1 Å². The molecular formula is C22H20N4O5. The lowest BCUT2D eigenvalue weighted by Crippen LogP contribution is -2.51. The number of barbiturate groups is 1. The van der Waals surface area contributed by atoms with Crippen molar-refractivity contribution in [2.45, 2.75) is 18.9 Å². The quantitative estimate of drug-likeness (QED) is 0.572. The Labute approximate surface area is 178 Å². The second-order valence-corrected chi connectivity index (χ2v) is 7.19. The van der Waals surface area contributed by atoms with Crippen LogP contribution >= 0.6 is 0 Å². The molecule has 1 aromatic heterocycles. The van der Waals surface area contributed by atoms with Gasteiger partial charge < -0.3 is 9.64 Å². The van der Waals surface area contributed by atoms with Gasteiger partial charge in [-0.3, -0.25) is 30.0 Å². The van der Waals surface area contributed by atoms with Crippen molar-refractivity contribution in [2.24, 2.45) is 0 Å². The number of hydrogen-bond acceptors (Lipinski definition) is 6. The van der Waals surface area contributed by atoms with E-state index in [1.54, 1.807) is 53.6 Å². The van der Waals surface area contributed by atoms with E-state index >= 15 is 0 Å². The molecule has 2 aliphatic heterocycles. The lowest BCUT2D eigenvalue weighted by atomic mass is 10.1. The van der Waals surface area contributed by atoms with Crippen LogP contribution in [-0.4, -0.2) is 52.8 Å². The number of hydrogen-bond donors (Lipinski definition) is 2. The molecule has 0 atom stereocenters. The van der Waals surface area contributed by atoms with Crippen molar-refractivity contribution in [3.05, 3.63) is 65.5 Å². The van der Waals surface area contributed by atoms with E-state index in [0.29, 0.717) is 42.9 Å². The minimum absolute atomic E-state index is 0.0158. The van der Waals surface area contributed by atoms with Crippen LogP contribution in [0.4, 0.5) is 4.79 Å². The lowest BCUT2D eigenvalue weighted by molar-refractivity contribution is -0.123. The number of pyridine rings is 1. The molecule has 2 aliphatic rings. The van der Waals surface area contributed by atoms with Gasteiger partial charge >= 0.3 is 6.03 Å². The van der Waals surface area contributed by atoms with E-state index in [9.17, 15) is 19.2 Å². The first kappa shape index (κ1) is 20.3. The molecular weight excluding hydrogens is 400 g/mol. The molecule has 31 heavy (non-hydrogen) atoms. The van der Waals surface area contributed by atoms with Gasteiger partial charge in [-0.2, -0.15) is 0 Å². The van der Waals surface area contributed by atoms with E-state index in [4.69, 9.17) is 4.74 Å². The van der Waals surface area contributed by atoms with Gasteiger partial charge in [0, 0.05) is 32.1 Å². The van der Waals surface area contributed by atoms with Gasteiger partial charge in [-0.05, 0) is 35.9 Å². The Morgan fingerprint density at radius 1 is 1.00 bits per heavy atom. The number of piperidine rings is 1. The largest absolute Gasteiger partial charge is 0.490 e. The predicted molar refractivity (Wildman–Crippen MR) is 110 cm³/mol. The average molecular weight is 420 g/mol. The van der Waals surface area contributed by atoms with Crippen molar-refractivity contribution >= 4 is 29.8 Å². The Bertz CT molecular complexity index is 1020. The summed E-state index contributed by atoms with van der Waals surface area (Å²) in [6.07, 6.45) is 4.41. The van der Waals surface area contributed by atoms with Crippen molar-refractivity contribution in [1.29, 1.82) is 0 Å². The van der Waals surface area contributed by atoms with Crippen LogP contribution < -0.4 is 15.4 Å². The number of urea groups is 1. The number of likely N-dealkylation sites (tertiary alicyclic amines) is 1. The van der Waals surface area contributed by atoms with Crippen molar-refractivity contribution < 1.29 is 23.9 Å². The maximum atomic E-state index is 12.5. The maximum Gasteiger partial charge on any atom is 0.328 e. The van der Waals surface area contributed by atoms with Crippen LogP contribution in [0, 0.1) is 0 Å². The first-order valence-electron chi connectivity index (χ1n) is 9.85. The zero-order chi connectivity index (χ0) is 21.8. The molecule has 0 unspecified atom stereocenters. The number of nitrogens with zero attached hydrogens (tertiary/aromatic N) is 2. The summed E-state index contributed by atoms with van der Waals surface area (Å²) in [5.41, 5.74) is 0.923. The standard InChI is InChI=1S/C22H20N4O5/c27-19-17(20(28)25-22(30)24-19)13-14-4-6-15(7-5-14)31-16-8-11-26(12-9-16)21(29)18-3-1-2-10-23-18/h1-7,10,13,16H,8-9,11-12H2,(H2,24,25,27,28,30). The molecule has 1 aromatic carbocycles. The fourth-order valence-electron chi connectivity index (χ4n) is 3.44. The highest BCUT2D eigenvalue weighted by Crippen LogP contribution is 2.21. The fraction of sp³-hybridized carbons (Fsp3) is 0.227. The van der Waals surface area contributed by atoms with Crippen LogP contribution in [0.3, 0.4) is 0 Å². The Morgan fingerprint density at radius 2 is 1.68 bits per heavy atom. The molecule has 0 aliphatic carbocycles. The second kappa shape index (κ2) is 8.78. The lowest BCUT2D eigenvalue weighted by Gasteiger charge is -2.32. The average Bonchev–Trinajstić information content (AvgIpc) is 2.78. The summed E-state index contributed by atoms with van der Waals surface area (Å²) in [6, 6.07) is 11.4. The summed E-state index contributed by atoms with van der Waals surface area (Å²) in [5, 5.41) is 4.07. The Hall–Kier alpha value is -4.01. The highest BCUT2D eigenvalue weighted by atomic mass is 16.5. The second-order valence-electron chi connectivity index (χ2n) is 7.19. The molecule has 9 nitrogen and oxygen atoms in total. The number of carbonyl (C=O) groups excluding carboxylic acids is 4.